The molecule has 0 saturated carbocycles. The van der Waals surface area contributed by atoms with E-state index in [1.165, 1.54) is 6.92 Å². The van der Waals surface area contributed by atoms with Crippen LogP contribution in [0.3, 0.4) is 0 Å². The topological polar surface area (TPSA) is 90.6 Å². The number of anilines is 1. The first-order valence-corrected chi connectivity index (χ1v) is 5.98. The van der Waals surface area contributed by atoms with Crippen molar-refractivity contribution < 1.29 is 19.1 Å². The zero-order valence-electron chi connectivity index (χ0n) is 11.0. The zero-order valence-corrected chi connectivity index (χ0v) is 11.0. The minimum atomic E-state index is -0.831. The van der Waals surface area contributed by atoms with Gasteiger partial charge in [0.15, 0.2) is 12.7 Å². The number of amides is 1. The molecule has 0 fully saturated rings. The lowest BCUT2D eigenvalue weighted by Gasteiger charge is -2.13. The average molecular weight is 266 g/mol. The molecule has 1 rings (SSSR count). The van der Waals surface area contributed by atoms with E-state index in [2.05, 4.69) is 5.32 Å². The van der Waals surface area contributed by atoms with Gasteiger partial charge in [-0.3, -0.25) is 4.79 Å². The SMILES string of the molecule is CCNC(=O)C(C)OC(=O)COc1ccc(N)cc1. The Labute approximate surface area is 111 Å². The molecule has 0 aromatic heterocycles. The lowest BCUT2D eigenvalue weighted by atomic mass is 10.3. The Kier molecular flexibility index (Phi) is 5.66. The summed E-state index contributed by atoms with van der Waals surface area (Å²) in [5.74, 6) is -0.421. The standard InChI is InChI=1S/C13H18N2O4/c1-3-15-13(17)9(2)19-12(16)8-18-11-6-4-10(14)5-7-11/h4-7,9H,3,8,14H2,1-2H3,(H,15,17). The highest BCUT2D eigenvalue weighted by Crippen LogP contribution is 2.12. The van der Waals surface area contributed by atoms with Crippen molar-refractivity contribution in [1.29, 1.82) is 0 Å². The maximum absolute atomic E-state index is 11.5. The van der Waals surface area contributed by atoms with Crippen molar-refractivity contribution in [3.63, 3.8) is 0 Å². The Morgan fingerprint density at radius 1 is 1.32 bits per heavy atom. The summed E-state index contributed by atoms with van der Waals surface area (Å²) in [7, 11) is 0. The van der Waals surface area contributed by atoms with Crippen molar-refractivity contribution in [3.8, 4) is 5.75 Å². The number of hydrogen-bond donors (Lipinski definition) is 2. The summed E-state index contributed by atoms with van der Waals surface area (Å²) >= 11 is 0. The molecule has 1 aromatic rings. The predicted octanol–water partition coefficient (Wildman–Crippen LogP) is 0.715. The van der Waals surface area contributed by atoms with E-state index in [9.17, 15) is 9.59 Å². The molecule has 1 unspecified atom stereocenters. The Hall–Kier alpha value is -2.24. The van der Waals surface area contributed by atoms with E-state index in [1.807, 2.05) is 0 Å². The molecular formula is C13H18N2O4. The van der Waals surface area contributed by atoms with Crippen molar-refractivity contribution in [2.75, 3.05) is 18.9 Å². The summed E-state index contributed by atoms with van der Waals surface area (Å²) in [5.41, 5.74) is 6.13. The Morgan fingerprint density at radius 2 is 1.95 bits per heavy atom. The highest BCUT2D eigenvalue weighted by molar-refractivity contribution is 5.83. The van der Waals surface area contributed by atoms with Gasteiger partial charge >= 0.3 is 5.97 Å². The molecule has 19 heavy (non-hydrogen) atoms. The normalized spacial score (nSPS) is 11.5. The fourth-order valence-electron chi connectivity index (χ4n) is 1.31. The van der Waals surface area contributed by atoms with Crippen LogP contribution in [0, 0.1) is 0 Å². The van der Waals surface area contributed by atoms with Crippen LogP contribution < -0.4 is 15.8 Å². The Morgan fingerprint density at radius 3 is 2.53 bits per heavy atom. The van der Waals surface area contributed by atoms with Crippen molar-refractivity contribution in [2.24, 2.45) is 0 Å². The molecule has 0 radical (unpaired) electrons. The molecule has 6 heteroatoms. The van der Waals surface area contributed by atoms with E-state index in [-0.39, 0.29) is 12.5 Å². The third-order valence-corrected chi connectivity index (χ3v) is 2.27. The van der Waals surface area contributed by atoms with E-state index in [0.717, 1.165) is 0 Å². The second-order valence-electron chi connectivity index (χ2n) is 3.88. The van der Waals surface area contributed by atoms with Crippen LogP contribution in [0.1, 0.15) is 13.8 Å². The fourth-order valence-corrected chi connectivity index (χ4v) is 1.31. The number of ether oxygens (including phenoxy) is 2. The quantitative estimate of drug-likeness (QED) is 0.584. The molecule has 0 bridgehead atoms. The van der Waals surface area contributed by atoms with Crippen molar-refractivity contribution in [2.45, 2.75) is 20.0 Å². The maximum atomic E-state index is 11.5. The van der Waals surface area contributed by atoms with Crippen molar-refractivity contribution >= 4 is 17.6 Å². The number of benzene rings is 1. The number of rotatable bonds is 6. The van der Waals surface area contributed by atoms with Crippen molar-refractivity contribution in [3.05, 3.63) is 24.3 Å². The van der Waals surface area contributed by atoms with Crippen LogP contribution in [0.4, 0.5) is 5.69 Å². The summed E-state index contributed by atoms with van der Waals surface area (Å²) in [6.07, 6.45) is -0.831. The molecule has 0 aliphatic heterocycles. The first-order chi connectivity index (χ1) is 9.02. The lowest BCUT2D eigenvalue weighted by Crippen LogP contribution is -2.36. The predicted molar refractivity (Wildman–Crippen MR) is 70.6 cm³/mol. The largest absolute Gasteiger partial charge is 0.482 e. The molecule has 104 valence electrons. The maximum Gasteiger partial charge on any atom is 0.344 e. The summed E-state index contributed by atoms with van der Waals surface area (Å²) in [6.45, 7) is 3.53. The van der Waals surface area contributed by atoms with Gasteiger partial charge in [0.25, 0.3) is 5.91 Å². The van der Waals surface area contributed by atoms with Gasteiger partial charge in [0, 0.05) is 12.2 Å². The van der Waals surface area contributed by atoms with Crippen LogP contribution in [0.25, 0.3) is 0 Å². The van der Waals surface area contributed by atoms with Crippen LogP contribution in [-0.4, -0.2) is 31.1 Å². The third-order valence-electron chi connectivity index (χ3n) is 2.27. The van der Waals surface area contributed by atoms with Gasteiger partial charge in [0.2, 0.25) is 0 Å². The molecular weight excluding hydrogens is 248 g/mol. The molecule has 1 atom stereocenters. The summed E-state index contributed by atoms with van der Waals surface area (Å²) in [4.78, 5) is 22.8. The van der Waals surface area contributed by atoms with Gasteiger partial charge in [-0.15, -0.1) is 0 Å². The second kappa shape index (κ2) is 7.25. The Balaban J connectivity index is 2.35. The number of likely N-dealkylation sites (N-methyl/N-ethyl adjacent to an activating group) is 1. The number of carbonyl (C=O) groups is 2. The van der Waals surface area contributed by atoms with E-state index in [4.69, 9.17) is 15.2 Å². The molecule has 0 spiro atoms. The first kappa shape index (κ1) is 14.8. The molecule has 0 saturated heterocycles. The highest BCUT2D eigenvalue weighted by atomic mass is 16.6. The van der Waals surface area contributed by atoms with Gasteiger partial charge in [-0.25, -0.2) is 4.79 Å². The van der Waals surface area contributed by atoms with Crippen LogP contribution >= 0.6 is 0 Å². The Bertz CT molecular complexity index is 431. The van der Waals surface area contributed by atoms with Gasteiger partial charge in [-0.2, -0.15) is 0 Å². The lowest BCUT2D eigenvalue weighted by molar-refractivity contribution is -0.156. The number of nitrogen functional groups attached to an aromatic ring is 1. The molecule has 1 aromatic carbocycles. The monoisotopic (exact) mass is 266 g/mol. The number of carbonyl (C=O) groups excluding carboxylic acids is 2. The minimum absolute atomic E-state index is 0.256. The van der Waals surface area contributed by atoms with Crippen LogP contribution in [0.5, 0.6) is 5.75 Å². The van der Waals surface area contributed by atoms with Gasteiger partial charge in [-0.05, 0) is 38.1 Å². The number of nitrogens with two attached hydrogens (primary N) is 1. The summed E-state index contributed by atoms with van der Waals surface area (Å²) in [6, 6.07) is 6.63. The van der Waals surface area contributed by atoms with Crippen LogP contribution in [0.15, 0.2) is 24.3 Å². The summed E-state index contributed by atoms with van der Waals surface area (Å²) < 4.78 is 10.1. The zero-order chi connectivity index (χ0) is 14.3. The summed E-state index contributed by atoms with van der Waals surface area (Å²) in [5, 5.41) is 2.56. The van der Waals surface area contributed by atoms with E-state index < -0.39 is 12.1 Å². The third kappa shape index (κ3) is 5.29. The van der Waals surface area contributed by atoms with Gasteiger partial charge in [0.05, 0.1) is 0 Å². The first-order valence-electron chi connectivity index (χ1n) is 5.98. The van der Waals surface area contributed by atoms with Crippen LogP contribution in [-0.2, 0) is 14.3 Å². The van der Waals surface area contributed by atoms with Crippen molar-refractivity contribution in [1.82, 2.24) is 5.32 Å². The molecule has 0 aliphatic rings. The molecule has 6 nitrogen and oxygen atoms in total. The van der Waals surface area contributed by atoms with Gasteiger partial charge < -0.3 is 20.5 Å². The van der Waals surface area contributed by atoms with E-state index in [0.29, 0.717) is 18.0 Å². The van der Waals surface area contributed by atoms with Gasteiger partial charge in [0.1, 0.15) is 5.75 Å². The number of nitrogens with one attached hydrogen (secondary N) is 1. The second-order valence-corrected chi connectivity index (χ2v) is 3.88. The highest BCUT2D eigenvalue weighted by Gasteiger charge is 2.17. The number of hydrogen-bond acceptors (Lipinski definition) is 5. The minimum Gasteiger partial charge on any atom is -0.482 e. The smallest absolute Gasteiger partial charge is 0.344 e. The van der Waals surface area contributed by atoms with E-state index >= 15 is 0 Å². The van der Waals surface area contributed by atoms with Crippen LogP contribution in [0.2, 0.25) is 0 Å². The molecule has 0 aliphatic carbocycles. The van der Waals surface area contributed by atoms with E-state index in [1.54, 1.807) is 31.2 Å². The number of esters is 1. The fraction of sp³-hybridized carbons (Fsp3) is 0.385. The average Bonchev–Trinajstić information content (AvgIpc) is 2.38. The molecule has 0 heterocycles. The molecule has 3 N–H and O–H groups in total. The van der Waals surface area contributed by atoms with Gasteiger partial charge in [-0.1, -0.05) is 0 Å². The molecule has 1 amide bonds.